The third kappa shape index (κ3) is 15.2. The second-order valence-corrected chi connectivity index (χ2v) is 23.4. The Balaban J connectivity index is 1.11. The lowest BCUT2D eigenvalue weighted by molar-refractivity contribution is 0.0402. The molecule has 2 heterocycles. The molecule has 13 rings (SSSR count). The van der Waals surface area contributed by atoms with Gasteiger partial charge in [0.2, 0.25) is 0 Å². The maximum atomic E-state index is 15.8. The fourth-order valence-corrected chi connectivity index (χ4v) is 11.7. The van der Waals surface area contributed by atoms with E-state index in [0.717, 1.165) is 6.07 Å². The molecule has 0 aromatic heterocycles. The minimum atomic E-state index is -1.72. The van der Waals surface area contributed by atoms with Gasteiger partial charge in [-0.15, -0.1) is 0 Å². The maximum Gasteiger partial charge on any atom is 0.343 e. The molecule has 11 aromatic carbocycles. The number of ether oxygens (including phenoxy) is 10. The van der Waals surface area contributed by atoms with Gasteiger partial charge in [-0.2, -0.15) is 0 Å². The van der Waals surface area contributed by atoms with E-state index in [-0.39, 0.29) is 56.0 Å². The molecule has 0 unspecified atom stereocenters. The number of carbonyl (C=O) groups excluding carboxylic acids is 8. The normalized spacial score (nSPS) is 11.3. The number of rotatable bonds is 24. The van der Waals surface area contributed by atoms with Crippen molar-refractivity contribution >= 4 is 70.9 Å². The second kappa shape index (κ2) is 30.9. The van der Waals surface area contributed by atoms with Gasteiger partial charge in [0, 0.05) is 5.46 Å². The lowest BCUT2D eigenvalue weighted by Gasteiger charge is -2.36. The van der Waals surface area contributed by atoms with Gasteiger partial charge in [0.1, 0.15) is 98.1 Å². The summed E-state index contributed by atoms with van der Waals surface area (Å²) in [7, 11) is 0. The van der Waals surface area contributed by atoms with Gasteiger partial charge < -0.3 is 47.4 Å². The van der Waals surface area contributed by atoms with Crippen LogP contribution >= 0.6 is 0 Å². The highest BCUT2D eigenvalue weighted by molar-refractivity contribution is 6.98. The highest BCUT2D eigenvalue weighted by Gasteiger charge is 2.50. The van der Waals surface area contributed by atoms with Crippen LogP contribution in [0.1, 0.15) is 127 Å². The zero-order valence-electron chi connectivity index (χ0n) is 53.9. The molecule has 0 bridgehead atoms. The van der Waals surface area contributed by atoms with Gasteiger partial charge >= 0.3 is 47.8 Å². The highest BCUT2D eigenvalue weighted by Crippen LogP contribution is 2.45. The fourth-order valence-electron chi connectivity index (χ4n) is 11.7. The van der Waals surface area contributed by atoms with E-state index in [1.165, 1.54) is 12.1 Å². The summed E-state index contributed by atoms with van der Waals surface area (Å²) in [4.78, 5) is 124. The average molecular weight is 1340 g/mol. The number of esters is 8. The van der Waals surface area contributed by atoms with Crippen molar-refractivity contribution in [1.29, 1.82) is 0 Å². The molecule has 18 nitrogen and oxygen atoms in total. The first-order chi connectivity index (χ1) is 49.4. The van der Waals surface area contributed by atoms with Crippen molar-refractivity contribution in [2.45, 2.75) is 52.9 Å². The Labute approximate surface area is 579 Å². The van der Waals surface area contributed by atoms with E-state index in [0.29, 0.717) is 44.5 Å². The van der Waals surface area contributed by atoms with E-state index >= 15 is 38.4 Å². The lowest BCUT2D eigenvalue weighted by atomic mass is 9.34. The number of benzene rings is 11. The molecule has 0 amide bonds. The van der Waals surface area contributed by atoms with Crippen molar-refractivity contribution in [3.63, 3.8) is 0 Å². The molecule has 0 aliphatic carbocycles. The molecular weight excluding hydrogens is 1280 g/mol. The Hall–Kier alpha value is -13.2. The van der Waals surface area contributed by atoms with Gasteiger partial charge in [-0.1, -0.05) is 243 Å². The molecule has 101 heavy (non-hydrogen) atoms. The molecule has 11 aromatic rings. The Morgan fingerprint density at radius 2 is 0.426 bits per heavy atom. The van der Waals surface area contributed by atoms with Crippen molar-refractivity contribution < 1.29 is 85.7 Å². The molecule has 498 valence electrons. The number of carbonyl (C=O) groups is 8. The predicted octanol–water partition coefficient (Wildman–Crippen LogP) is 13.3. The standard InChI is InChI=1S/C82H59BO18/c84-75(92-44-52-25-9-1-10-26-52)60-42-64-73(68(81(90)98-50-58-37-21-7-22-38-58)66(60)79(88)96-48-56-33-17-5-18-34-56)100-71-62(77(86)94-46-54-29-13-3-14-30-54)41-63(78(87)95-47-55-31-15-4-16-32-55)72-70(71)83(64)65-43-61(76(85)93-45-53-27-11-2-12-28-53)67(80(89)97-49-57-35-19-6-20-36-57)69(74(65)101-72)82(91)99-51-59-39-23-8-24-40-59/h1-43H,44-51H2. The molecule has 0 atom stereocenters. The van der Waals surface area contributed by atoms with Crippen LogP contribution in [0.5, 0.6) is 23.0 Å². The summed E-state index contributed by atoms with van der Waals surface area (Å²) in [6.07, 6.45) is 0. The van der Waals surface area contributed by atoms with Crippen molar-refractivity contribution in [3.05, 3.63) is 350 Å². The molecule has 0 radical (unpaired) electrons. The largest absolute Gasteiger partial charge is 0.457 e. The highest BCUT2D eigenvalue weighted by atomic mass is 16.6. The molecule has 0 spiro atoms. The zero-order valence-corrected chi connectivity index (χ0v) is 53.9. The van der Waals surface area contributed by atoms with Gasteiger partial charge in [0.15, 0.2) is 0 Å². The topological polar surface area (TPSA) is 229 Å². The predicted molar refractivity (Wildman–Crippen MR) is 369 cm³/mol. The van der Waals surface area contributed by atoms with Crippen LogP contribution in [-0.4, -0.2) is 54.5 Å². The first kappa shape index (κ1) is 66.5. The number of hydrogen-bond acceptors (Lipinski definition) is 18. The lowest BCUT2D eigenvalue weighted by Crippen LogP contribution is -2.59. The van der Waals surface area contributed by atoms with Crippen LogP contribution in [0.2, 0.25) is 0 Å². The van der Waals surface area contributed by atoms with E-state index in [1.54, 1.807) is 243 Å². The van der Waals surface area contributed by atoms with E-state index in [4.69, 9.17) is 47.4 Å². The average Bonchev–Trinajstić information content (AvgIpc) is 0.693. The summed E-state index contributed by atoms with van der Waals surface area (Å²) in [5.74, 6) is -11.5. The van der Waals surface area contributed by atoms with E-state index in [1.807, 2.05) is 0 Å². The number of hydrogen-bond donors (Lipinski definition) is 0. The summed E-state index contributed by atoms with van der Waals surface area (Å²) in [5, 5.41) is 0. The first-order valence-electron chi connectivity index (χ1n) is 32.1. The van der Waals surface area contributed by atoms with Gasteiger partial charge in [0.05, 0.1) is 22.3 Å². The maximum absolute atomic E-state index is 15.8. The minimum absolute atomic E-state index is 0.205. The minimum Gasteiger partial charge on any atom is -0.457 e. The summed E-state index contributed by atoms with van der Waals surface area (Å²) in [6, 6.07) is 72.5. The van der Waals surface area contributed by atoms with E-state index in [2.05, 4.69) is 0 Å². The van der Waals surface area contributed by atoms with Crippen LogP contribution < -0.4 is 25.9 Å². The Bertz CT molecular complexity index is 4600. The van der Waals surface area contributed by atoms with E-state index < -0.39 is 135 Å². The van der Waals surface area contributed by atoms with Gasteiger partial charge in [0.25, 0.3) is 6.71 Å². The third-order valence-electron chi connectivity index (χ3n) is 16.6. The van der Waals surface area contributed by atoms with Crippen molar-refractivity contribution in [2.75, 3.05) is 0 Å². The van der Waals surface area contributed by atoms with Gasteiger partial charge in [-0.3, -0.25) is 0 Å². The van der Waals surface area contributed by atoms with Crippen molar-refractivity contribution in [2.24, 2.45) is 0 Å². The van der Waals surface area contributed by atoms with Crippen LogP contribution in [0, 0.1) is 0 Å². The van der Waals surface area contributed by atoms with Crippen LogP contribution in [0.4, 0.5) is 0 Å². The van der Waals surface area contributed by atoms with Crippen LogP contribution in [0.25, 0.3) is 0 Å². The summed E-state index contributed by atoms with van der Waals surface area (Å²) >= 11 is 0. The molecule has 0 N–H and O–H groups in total. The third-order valence-corrected chi connectivity index (χ3v) is 16.6. The van der Waals surface area contributed by atoms with E-state index in [9.17, 15) is 0 Å². The smallest absolute Gasteiger partial charge is 0.343 e. The second-order valence-electron chi connectivity index (χ2n) is 23.4. The van der Waals surface area contributed by atoms with Gasteiger partial charge in [-0.05, 0) is 73.6 Å². The summed E-state index contributed by atoms with van der Waals surface area (Å²) in [5.41, 5.74) is -1.36. The first-order valence-corrected chi connectivity index (χ1v) is 32.1. The molecule has 0 saturated heterocycles. The fraction of sp³-hybridized carbons (Fsp3) is 0.0976. The van der Waals surface area contributed by atoms with Crippen LogP contribution in [0.3, 0.4) is 0 Å². The molecule has 19 heteroatoms. The van der Waals surface area contributed by atoms with Gasteiger partial charge in [-0.25, -0.2) is 38.4 Å². The van der Waals surface area contributed by atoms with Crippen LogP contribution in [0.15, 0.2) is 261 Å². The van der Waals surface area contributed by atoms with Crippen molar-refractivity contribution in [1.82, 2.24) is 0 Å². The molecule has 0 fully saturated rings. The Morgan fingerprint density at radius 3 is 0.653 bits per heavy atom. The summed E-state index contributed by atoms with van der Waals surface area (Å²) in [6.45, 7) is -4.66. The number of fused-ring (bicyclic) bond motifs is 4. The molecule has 2 aliphatic heterocycles. The van der Waals surface area contributed by atoms with Crippen molar-refractivity contribution in [3.8, 4) is 23.0 Å². The molecular formula is C82H59BO18. The zero-order chi connectivity index (χ0) is 69.6. The monoisotopic (exact) mass is 1340 g/mol. The molecule has 0 saturated carbocycles. The Morgan fingerprint density at radius 1 is 0.228 bits per heavy atom. The van der Waals surface area contributed by atoms with Crippen LogP contribution in [-0.2, 0) is 90.7 Å². The quantitative estimate of drug-likeness (QED) is 0.0311. The Kier molecular flexibility index (Phi) is 20.4. The SMILES string of the molecule is O=C(OCc1ccccc1)c1cc(C(=O)OCc2ccccc2)c2c3c1Oc1c(cc(C(=O)OCc4ccccc4)c(C(=O)OCc4ccccc4)c1C(=O)OCc1ccccc1)B3c1cc(C(=O)OCc3ccccc3)c(C(=O)OCc3ccccc3)c(C(=O)OCc3ccccc3)c1O2. The summed E-state index contributed by atoms with van der Waals surface area (Å²) < 4.78 is 62.7. The molecule has 2 aliphatic rings.